The van der Waals surface area contributed by atoms with Crippen LogP contribution in [-0.2, 0) is 11.3 Å². The zero-order chi connectivity index (χ0) is 22.1. The Labute approximate surface area is 174 Å². The number of hydrogen-bond acceptors (Lipinski definition) is 4. The zero-order valence-corrected chi connectivity index (χ0v) is 16.2. The maximum atomic E-state index is 13.4. The summed E-state index contributed by atoms with van der Waals surface area (Å²) < 4.78 is 41.0. The smallest absolute Gasteiger partial charge is 0.261 e. The van der Waals surface area contributed by atoms with Crippen LogP contribution in [-0.4, -0.2) is 57.3 Å². The zero-order valence-electron chi connectivity index (χ0n) is 16.2. The molecular formula is C21H17F3N4O3. The lowest BCUT2D eigenvalue weighted by atomic mass is 10.1. The number of carbonyl (C=O) groups is 2. The Morgan fingerprint density at radius 2 is 1.61 bits per heavy atom. The van der Waals surface area contributed by atoms with Gasteiger partial charge in [-0.15, -0.1) is 0 Å². The van der Waals surface area contributed by atoms with E-state index in [4.69, 9.17) is 0 Å². The Hall–Kier alpha value is -3.69. The Morgan fingerprint density at radius 1 is 0.903 bits per heavy atom. The highest BCUT2D eigenvalue weighted by atomic mass is 19.2. The highest BCUT2D eigenvalue weighted by Gasteiger charge is 2.25. The van der Waals surface area contributed by atoms with Gasteiger partial charge in [0.05, 0.1) is 17.2 Å². The Kier molecular flexibility index (Phi) is 5.45. The van der Waals surface area contributed by atoms with Gasteiger partial charge in [0.15, 0.2) is 11.6 Å². The van der Waals surface area contributed by atoms with Crippen molar-refractivity contribution in [1.29, 1.82) is 0 Å². The van der Waals surface area contributed by atoms with E-state index in [0.29, 0.717) is 5.52 Å². The van der Waals surface area contributed by atoms with Crippen molar-refractivity contribution < 1.29 is 22.8 Å². The maximum Gasteiger partial charge on any atom is 0.261 e. The predicted octanol–water partition coefficient (Wildman–Crippen LogP) is 1.80. The Bertz CT molecular complexity index is 1240. The van der Waals surface area contributed by atoms with Crippen LogP contribution in [0.2, 0.25) is 0 Å². The van der Waals surface area contributed by atoms with E-state index in [0.717, 1.165) is 22.8 Å². The van der Waals surface area contributed by atoms with E-state index in [1.165, 1.54) is 34.3 Å². The molecule has 0 saturated carbocycles. The summed E-state index contributed by atoms with van der Waals surface area (Å²) in [6, 6.07) is 6.61. The molecule has 10 heteroatoms. The average molecular weight is 430 g/mol. The van der Waals surface area contributed by atoms with Crippen LogP contribution in [0.3, 0.4) is 0 Å². The summed E-state index contributed by atoms with van der Waals surface area (Å²) in [6.45, 7) is 0.589. The molecular weight excluding hydrogens is 413 g/mol. The quantitative estimate of drug-likeness (QED) is 0.635. The van der Waals surface area contributed by atoms with Gasteiger partial charge in [-0.05, 0) is 36.4 Å². The van der Waals surface area contributed by atoms with Gasteiger partial charge < -0.3 is 9.80 Å². The van der Waals surface area contributed by atoms with Gasteiger partial charge in [-0.3, -0.25) is 19.0 Å². The first kappa shape index (κ1) is 20.6. The molecule has 0 unspecified atom stereocenters. The fraction of sp³-hybridized carbons (Fsp3) is 0.238. The number of rotatable bonds is 3. The SMILES string of the molecule is O=C(Cn1cnc2ccc(F)cc2c1=O)N1CCN(C(=O)c2ccc(F)c(F)c2)CC1. The van der Waals surface area contributed by atoms with E-state index < -0.39 is 28.9 Å². The van der Waals surface area contributed by atoms with Crippen LogP contribution in [0.15, 0.2) is 47.5 Å². The van der Waals surface area contributed by atoms with E-state index in [-0.39, 0.29) is 49.6 Å². The minimum absolute atomic E-state index is 0.0275. The number of aromatic nitrogens is 2. The van der Waals surface area contributed by atoms with Crippen molar-refractivity contribution in [2.75, 3.05) is 26.2 Å². The summed E-state index contributed by atoms with van der Waals surface area (Å²) in [7, 11) is 0. The van der Waals surface area contributed by atoms with Crippen LogP contribution < -0.4 is 5.56 Å². The lowest BCUT2D eigenvalue weighted by molar-refractivity contribution is -0.133. The second-order valence-corrected chi connectivity index (χ2v) is 7.14. The van der Waals surface area contributed by atoms with E-state index in [9.17, 15) is 27.6 Å². The molecule has 4 rings (SSSR count). The van der Waals surface area contributed by atoms with Crippen LogP contribution >= 0.6 is 0 Å². The van der Waals surface area contributed by atoms with Gasteiger partial charge in [-0.25, -0.2) is 18.2 Å². The van der Waals surface area contributed by atoms with Crippen molar-refractivity contribution in [2.45, 2.75) is 6.54 Å². The molecule has 1 aliphatic heterocycles. The molecule has 0 N–H and O–H groups in total. The largest absolute Gasteiger partial charge is 0.338 e. The van der Waals surface area contributed by atoms with Gasteiger partial charge >= 0.3 is 0 Å². The third kappa shape index (κ3) is 4.14. The first-order valence-electron chi connectivity index (χ1n) is 9.50. The molecule has 1 aromatic heterocycles. The number of halogens is 3. The van der Waals surface area contributed by atoms with Gasteiger partial charge in [0.1, 0.15) is 12.4 Å². The summed E-state index contributed by atoms with van der Waals surface area (Å²) in [5, 5.41) is 0.0808. The third-order valence-corrected chi connectivity index (χ3v) is 5.18. The van der Waals surface area contributed by atoms with Crippen LogP contribution in [0, 0.1) is 17.5 Å². The molecule has 160 valence electrons. The fourth-order valence-electron chi connectivity index (χ4n) is 3.46. The Balaban J connectivity index is 1.41. The van der Waals surface area contributed by atoms with Gasteiger partial charge in [0.25, 0.3) is 11.5 Å². The molecule has 31 heavy (non-hydrogen) atoms. The van der Waals surface area contributed by atoms with Gasteiger partial charge in [-0.1, -0.05) is 0 Å². The lowest BCUT2D eigenvalue weighted by Crippen LogP contribution is -2.51. The number of carbonyl (C=O) groups excluding carboxylic acids is 2. The van der Waals surface area contributed by atoms with Crippen LogP contribution in [0.4, 0.5) is 13.2 Å². The summed E-state index contributed by atoms with van der Waals surface area (Å²) in [5.74, 6) is -3.51. The topological polar surface area (TPSA) is 75.5 Å². The van der Waals surface area contributed by atoms with Gasteiger partial charge in [0.2, 0.25) is 5.91 Å². The molecule has 0 bridgehead atoms. The molecule has 7 nitrogen and oxygen atoms in total. The van der Waals surface area contributed by atoms with E-state index in [2.05, 4.69) is 4.98 Å². The van der Waals surface area contributed by atoms with Crippen molar-refractivity contribution in [2.24, 2.45) is 0 Å². The van der Waals surface area contributed by atoms with Crippen molar-refractivity contribution in [3.63, 3.8) is 0 Å². The first-order chi connectivity index (χ1) is 14.8. The highest BCUT2D eigenvalue weighted by molar-refractivity contribution is 5.94. The van der Waals surface area contributed by atoms with Crippen molar-refractivity contribution >= 4 is 22.7 Å². The van der Waals surface area contributed by atoms with E-state index >= 15 is 0 Å². The maximum absolute atomic E-state index is 13.4. The molecule has 0 atom stereocenters. The molecule has 2 amide bonds. The number of fused-ring (bicyclic) bond motifs is 1. The number of piperazine rings is 1. The summed E-state index contributed by atoms with van der Waals surface area (Å²) in [6.07, 6.45) is 1.24. The second-order valence-electron chi connectivity index (χ2n) is 7.14. The minimum atomic E-state index is -1.10. The molecule has 2 aromatic carbocycles. The van der Waals surface area contributed by atoms with Crippen molar-refractivity contribution in [3.8, 4) is 0 Å². The number of nitrogens with zero attached hydrogens (tertiary/aromatic N) is 4. The van der Waals surface area contributed by atoms with Crippen LogP contribution in [0.1, 0.15) is 10.4 Å². The molecule has 2 heterocycles. The number of benzene rings is 2. The summed E-state index contributed by atoms with van der Waals surface area (Å²) >= 11 is 0. The highest BCUT2D eigenvalue weighted by Crippen LogP contribution is 2.13. The molecule has 0 radical (unpaired) electrons. The molecule has 1 aliphatic rings. The van der Waals surface area contributed by atoms with Crippen molar-refractivity contribution in [1.82, 2.24) is 19.4 Å². The third-order valence-electron chi connectivity index (χ3n) is 5.18. The molecule has 3 aromatic rings. The lowest BCUT2D eigenvalue weighted by Gasteiger charge is -2.35. The van der Waals surface area contributed by atoms with Crippen LogP contribution in [0.5, 0.6) is 0 Å². The monoisotopic (exact) mass is 430 g/mol. The molecule has 1 fully saturated rings. The minimum Gasteiger partial charge on any atom is -0.338 e. The van der Waals surface area contributed by atoms with Gasteiger partial charge in [0, 0.05) is 31.7 Å². The molecule has 0 aliphatic carbocycles. The van der Waals surface area contributed by atoms with Gasteiger partial charge in [-0.2, -0.15) is 0 Å². The normalized spacial score (nSPS) is 14.2. The molecule has 0 spiro atoms. The van der Waals surface area contributed by atoms with E-state index in [1.54, 1.807) is 0 Å². The second kappa shape index (κ2) is 8.21. The van der Waals surface area contributed by atoms with Crippen molar-refractivity contribution in [3.05, 3.63) is 76.1 Å². The van der Waals surface area contributed by atoms with Crippen LogP contribution in [0.25, 0.3) is 10.9 Å². The predicted molar refractivity (Wildman–Crippen MR) is 105 cm³/mol. The standard InChI is InChI=1S/C21H17F3N4O3/c22-14-2-4-18-15(10-14)21(31)28(12-25-18)11-19(29)26-5-7-27(8-6-26)20(30)13-1-3-16(23)17(24)9-13/h1-4,9-10,12H,5-8,11H2. The van der Waals surface area contributed by atoms with E-state index in [1.807, 2.05) is 0 Å². The first-order valence-corrected chi connectivity index (χ1v) is 9.50. The average Bonchev–Trinajstić information content (AvgIpc) is 2.77. The molecule has 1 saturated heterocycles. The number of hydrogen-bond donors (Lipinski definition) is 0. The number of amides is 2. The fourth-order valence-corrected chi connectivity index (χ4v) is 3.46. The summed E-state index contributed by atoms with van der Waals surface area (Å²) in [5.41, 5.74) is -0.163. The summed E-state index contributed by atoms with van der Waals surface area (Å²) in [4.78, 5) is 44.6. The Morgan fingerprint density at radius 3 is 2.32 bits per heavy atom.